The van der Waals surface area contributed by atoms with Crippen molar-refractivity contribution in [3.63, 3.8) is 0 Å². The van der Waals surface area contributed by atoms with E-state index in [1.807, 2.05) is 29.2 Å². The summed E-state index contributed by atoms with van der Waals surface area (Å²) < 4.78 is 5.39. The van der Waals surface area contributed by atoms with Crippen molar-refractivity contribution in [1.29, 1.82) is 0 Å². The van der Waals surface area contributed by atoms with Crippen molar-refractivity contribution in [3.8, 4) is 5.75 Å². The second kappa shape index (κ2) is 10.5. The number of carbonyl (C=O) groups is 1. The summed E-state index contributed by atoms with van der Waals surface area (Å²) in [7, 11) is 1.57. The number of ether oxygens (including phenoxy) is 1. The van der Waals surface area contributed by atoms with Gasteiger partial charge >= 0.3 is 0 Å². The zero-order valence-electron chi connectivity index (χ0n) is 16.6. The van der Waals surface area contributed by atoms with Gasteiger partial charge in [-0.2, -0.15) is 0 Å². The van der Waals surface area contributed by atoms with E-state index in [-0.39, 0.29) is 5.56 Å². The average Bonchev–Trinajstić information content (AvgIpc) is 2.75. The van der Waals surface area contributed by atoms with E-state index in [9.17, 15) is 9.90 Å². The molecule has 160 valence electrons. The van der Waals surface area contributed by atoms with E-state index in [0.717, 1.165) is 11.1 Å². The lowest BCUT2D eigenvalue weighted by atomic mass is 10.1. The molecule has 0 bridgehead atoms. The molecule has 31 heavy (non-hydrogen) atoms. The van der Waals surface area contributed by atoms with Gasteiger partial charge < -0.3 is 24.9 Å². The fraction of sp³-hybridized carbons (Fsp3) is 0.130. The first-order valence-electron chi connectivity index (χ1n) is 9.30. The fourth-order valence-electron chi connectivity index (χ4n) is 2.95. The Hall–Kier alpha value is -2.80. The van der Waals surface area contributed by atoms with Gasteiger partial charge in [-0.3, -0.25) is 0 Å². The van der Waals surface area contributed by atoms with Crippen molar-refractivity contribution in [3.05, 3.63) is 93.5 Å². The summed E-state index contributed by atoms with van der Waals surface area (Å²) in [6.07, 6.45) is 0. The Labute approximate surface area is 196 Å². The summed E-state index contributed by atoms with van der Waals surface area (Å²) in [5, 5.41) is 15.9. The Morgan fingerprint density at radius 1 is 0.968 bits per heavy atom. The van der Waals surface area contributed by atoms with Gasteiger partial charge in [-0.25, -0.2) is 0 Å². The van der Waals surface area contributed by atoms with Crippen molar-refractivity contribution in [2.75, 3.05) is 12.4 Å². The number of benzene rings is 3. The highest BCUT2D eigenvalue weighted by molar-refractivity contribution is 7.80. The first kappa shape index (κ1) is 22.9. The monoisotopic (exact) mass is 473 g/mol. The van der Waals surface area contributed by atoms with Crippen LogP contribution in [0.4, 0.5) is 5.69 Å². The van der Waals surface area contributed by atoms with Gasteiger partial charge in [0.1, 0.15) is 5.75 Å². The minimum absolute atomic E-state index is 0.123. The molecular weight excluding hydrogens is 455 g/mol. The Morgan fingerprint density at radius 2 is 1.52 bits per heavy atom. The third kappa shape index (κ3) is 6.34. The molecule has 0 atom stereocenters. The molecule has 3 rings (SSSR count). The highest BCUT2D eigenvalue weighted by atomic mass is 35.5. The molecule has 0 spiro atoms. The maximum atomic E-state index is 11.0. The molecule has 5 nitrogen and oxygen atoms in total. The van der Waals surface area contributed by atoms with E-state index < -0.39 is 5.97 Å². The summed E-state index contributed by atoms with van der Waals surface area (Å²) in [6, 6.07) is 19.2. The standard InChI is InChI=1S/C23H20Cl2N2O3S/c1-30-21-11-10-19(25)12-20(21)26-23(31)27(14-16-4-8-18(24)9-5-16)13-15-2-6-17(7-3-15)22(28)29/h2-12H,13-14H2,1H3,(H,26,31)(H,28,29)/p-1. The summed E-state index contributed by atoms with van der Waals surface area (Å²) in [5.74, 6) is -0.605. The molecule has 3 aromatic carbocycles. The van der Waals surface area contributed by atoms with Crippen molar-refractivity contribution in [2.45, 2.75) is 13.1 Å². The van der Waals surface area contributed by atoms with Crippen LogP contribution >= 0.6 is 35.4 Å². The number of hydrogen-bond donors (Lipinski definition) is 1. The number of nitrogens with one attached hydrogen (secondary N) is 1. The molecule has 0 unspecified atom stereocenters. The third-order valence-corrected chi connectivity index (χ3v) is 5.39. The molecule has 3 aromatic rings. The molecule has 0 aromatic heterocycles. The van der Waals surface area contributed by atoms with Crippen LogP contribution in [0.5, 0.6) is 5.75 Å². The maximum Gasteiger partial charge on any atom is 0.174 e. The fourth-order valence-corrected chi connectivity index (χ4v) is 3.49. The molecule has 8 heteroatoms. The number of halogens is 2. The van der Waals surface area contributed by atoms with Gasteiger partial charge in [-0.15, -0.1) is 0 Å². The van der Waals surface area contributed by atoms with E-state index in [2.05, 4.69) is 5.32 Å². The van der Waals surface area contributed by atoms with Crippen LogP contribution < -0.4 is 15.2 Å². The van der Waals surface area contributed by atoms with Gasteiger partial charge in [0.25, 0.3) is 0 Å². The lowest BCUT2D eigenvalue weighted by molar-refractivity contribution is -0.255. The number of nitrogens with zero attached hydrogens (tertiary/aromatic N) is 1. The van der Waals surface area contributed by atoms with E-state index in [1.54, 1.807) is 37.4 Å². The SMILES string of the molecule is COc1ccc(Cl)cc1NC(=S)N(Cc1ccc(Cl)cc1)Cc1ccc(C(=O)[O-])cc1. The molecule has 0 aliphatic heterocycles. The van der Waals surface area contributed by atoms with E-state index >= 15 is 0 Å². The van der Waals surface area contributed by atoms with Gasteiger partial charge in [0.05, 0.1) is 18.8 Å². The lowest BCUT2D eigenvalue weighted by Crippen LogP contribution is -2.34. The topological polar surface area (TPSA) is 64.6 Å². The lowest BCUT2D eigenvalue weighted by Gasteiger charge is -2.27. The van der Waals surface area contributed by atoms with Crippen molar-refractivity contribution < 1.29 is 14.6 Å². The molecule has 0 aliphatic carbocycles. The number of methoxy groups -OCH3 is 1. The number of aromatic carboxylic acids is 1. The molecule has 0 radical (unpaired) electrons. The highest BCUT2D eigenvalue weighted by Crippen LogP contribution is 2.28. The number of hydrogen-bond acceptors (Lipinski definition) is 4. The summed E-state index contributed by atoms with van der Waals surface area (Å²) in [5.41, 5.74) is 2.67. The predicted octanol–water partition coefficient (Wildman–Crippen LogP) is 4.76. The zero-order valence-corrected chi connectivity index (χ0v) is 18.9. The van der Waals surface area contributed by atoms with Gasteiger partial charge in [0.2, 0.25) is 0 Å². The minimum Gasteiger partial charge on any atom is -0.545 e. The normalized spacial score (nSPS) is 10.4. The summed E-state index contributed by atoms with van der Waals surface area (Å²) in [4.78, 5) is 13.0. The Balaban J connectivity index is 1.85. The number of carbonyl (C=O) groups excluding carboxylic acids is 1. The maximum absolute atomic E-state index is 11.0. The molecule has 0 heterocycles. The Morgan fingerprint density at radius 3 is 2.06 bits per heavy atom. The third-order valence-electron chi connectivity index (χ3n) is 4.54. The first-order valence-corrected chi connectivity index (χ1v) is 10.5. The second-order valence-corrected chi connectivity index (χ2v) is 8.00. The minimum atomic E-state index is -1.21. The van der Waals surface area contributed by atoms with Gasteiger partial charge in [-0.1, -0.05) is 59.6 Å². The van der Waals surface area contributed by atoms with Gasteiger partial charge in [0, 0.05) is 23.1 Å². The molecular formula is C23H19Cl2N2O3S-. The largest absolute Gasteiger partial charge is 0.545 e. The number of rotatable bonds is 7. The molecule has 0 saturated heterocycles. The second-order valence-electron chi connectivity index (χ2n) is 6.74. The number of thiocarbonyl (C=S) groups is 1. The van der Waals surface area contributed by atoms with Crippen molar-refractivity contribution in [1.82, 2.24) is 4.90 Å². The van der Waals surface area contributed by atoms with Crippen LogP contribution in [0.15, 0.2) is 66.7 Å². The van der Waals surface area contributed by atoms with Gasteiger partial charge in [0.15, 0.2) is 5.11 Å². The molecule has 0 aliphatic rings. The Kier molecular flexibility index (Phi) is 7.74. The number of carboxylic acid groups (broad SMARTS) is 1. The van der Waals surface area contributed by atoms with Crippen LogP contribution in [0, 0.1) is 0 Å². The van der Waals surface area contributed by atoms with Gasteiger partial charge in [-0.05, 0) is 59.2 Å². The number of carboxylic acids is 1. The molecule has 0 amide bonds. The van der Waals surface area contributed by atoms with Crippen LogP contribution in [0.25, 0.3) is 0 Å². The first-order chi connectivity index (χ1) is 14.9. The van der Waals surface area contributed by atoms with E-state index in [1.165, 1.54) is 12.1 Å². The molecule has 0 fully saturated rings. The predicted molar refractivity (Wildman–Crippen MR) is 126 cm³/mol. The molecule has 1 N–H and O–H groups in total. The van der Waals surface area contributed by atoms with Crippen LogP contribution in [-0.2, 0) is 13.1 Å². The van der Waals surface area contributed by atoms with Crippen LogP contribution in [0.1, 0.15) is 21.5 Å². The highest BCUT2D eigenvalue weighted by Gasteiger charge is 2.14. The van der Waals surface area contributed by atoms with E-state index in [4.69, 9.17) is 40.2 Å². The zero-order chi connectivity index (χ0) is 22.4. The average molecular weight is 474 g/mol. The summed E-state index contributed by atoms with van der Waals surface area (Å²) in [6.45, 7) is 0.957. The van der Waals surface area contributed by atoms with Crippen LogP contribution in [0.3, 0.4) is 0 Å². The van der Waals surface area contributed by atoms with Crippen LogP contribution in [-0.4, -0.2) is 23.1 Å². The smallest absolute Gasteiger partial charge is 0.174 e. The van der Waals surface area contributed by atoms with Crippen molar-refractivity contribution in [2.24, 2.45) is 0 Å². The van der Waals surface area contributed by atoms with Crippen LogP contribution in [0.2, 0.25) is 10.0 Å². The number of anilines is 1. The molecule has 0 saturated carbocycles. The summed E-state index contributed by atoms with van der Waals surface area (Å²) >= 11 is 17.8. The van der Waals surface area contributed by atoms with Crippen molar-refractivity contribution >= 4 is 52.2 Å². The Bertz CT molecular complexity index is 1070. The van der Waals surface area contributed by atoms with E-state index in [0.29, 0.717) is 39.7 Å². The quantitative estimate of drug-likeness (QED) is 0.498.